The van der Waals surface area contributed by atoms with Gasteiger partial charge >= 0.3 is 6.03 Å². The van der Waals surface area contributed by atoms with Gasteiger partial charge in [-0.15, -0.1) is 11.8 Å². The van der Waals surface area contributed by atoms with Crippen molar-refractivity contribution in [3.63, 3.8) is 0 Å². The van der Waals surface area contributed by atoms with Crippen LogP contribution in [-0.4, -0.2) is 42.7 Å². The molecular weight excluding hydrogens is 446 g/mol. The third-order valence-electron chi connectivity index (χ3n) is 4.60. The predicted molar refractivity (Wildman–Crippen MR) is 119 cm³/mol. The van der Waals surface area contributed by atoms with Crippen LogP contribution in [0.25, 0.3) is 0 Å². The van der Waals surface area contributed by atoms with Gasteiger partial charge in [0, 0.05) is 12.1 Å². The molecule has 9 nitrogen and oxygen atoms in total. The first-order valence-electron chi connectivity index (χ1n) is 9.32. The summed E-state index contributed by atoms with van der Waals surface area (Å²) >= 11 is 2.65. The molecule has 3 rings (SSSR count). The topological polar surface area (TPSA) is 130 Å². The summed E-state index contributed by atoms with van der Waals surface area (Å²) in [6.45, 7) is 0.0368. The zero-order chi connectivity index (χ0) is 21.7. The molecule has 2 amide bonds. The van der Waals surface area contributed by atoms with Gasteiger partial charge in [0.25, 0.3) is 0 Å². The van der Waals surface area contributed by atoms with Crippen molar-refractivity contribution in [3.8, 4) is 0 Å². The van der Waals surface area contributed by atoms with Gasteiger partial charge in [-0.25, -0.2) is 27.9 Å². The first-order valence-corrected chi connectivity index (χ1v) is 13.3. The van der Waals surface area contributed by atoms with E-state index in [1.54, 1.807) is 12.1 Å². The SMILES string of the molecule is CSc1sc(NC(=O)Nc2ncccc2C(=O)C2CCCC2)nc1CNS(C)(=O)=O. The lowest BCUT2D eigenvalue weighted by molar-refractivity contribution is 0.0923. The number of nitrogens with zero attached hydrogens (tertiary/aromatic N) is 2. The summed E-state index contributed by atoms with van der Waals surface area (Å²) < 4.78 is 25.8. The number of thiazole rings is 1. The Morgan fingerprint density at radius 2 is 2.00 bits per heavy atom. The normalized spacial score (nSPS) is 14.6. The maximum absolute atomic E-state index is 12.8. The molecule has 1 fully saturated rings. The third-order valence-corrected chi connectivity index (χ3v) is 7.43. The van der Waals surface area contributed by atoms with Crippen LogP contribution in [0.1, 0.15) is 41.7 Å². The second-order valence-electron chi connectivity index (χ2n) is 6.87. The minimum atomic E-state index is -3.36. The molecular formula is C18H23N5O4S3. The molecule has 1 aliphatic rings. The number of aromatic nitrogens is 2. The summed E-state index contributed by atoms with van der Waals surface area (Å²) in [6, 6.07) is 2.78. The smallest absolute Gasteiger partial charge is 0.294 e. The van der Waals surface area contributed by atoms with Crippen molar-refractivity contribution in [1.29, 1.82) is 0 Å². The summed E-state index contributed by atoms with van der Waals surface area (Å²) in [5.74, 6) is 0.197. The molecule has 0 radical (unpaired) electrons. The number of ketones is 1. The van der Waals surface area contributed by atoms with E-state index in [0.717, 1.165) is 36.1 Å². The van der Waals surface area contributed by atoms with E-state index in [1.165, 1.54) is 29.3 Å². The molecule has 0 atom stereocenters. The van der Waals surface area contributed by atoms with Gasteiger partial charge in [-0.2, -0.15) is 0 Å². The number of anilines is 2. The quantitative estimate of drug-likeness (QED) is 0.399. The molecule has 1 aliphatic carbocycles. The Kier molecular flexibility index (Phi) is 7.45. The average Bonchev–Trinajstić information content (AvgIpc) is 3.35. The van der Waals surface area contributed by atoms with Crippen molar-refractivity contribution in [2.75, 3.05) is 23.1 Å². The van der Waals surface area contributed by atoms with Crippen LogP contribution in [0.3, 0.4) is 0 Å². The van der Waals surface area contributed by atoms with E-state index in [9.17, 15) is 18.0 Å². The van der Waals surface area contributed by atoms with E-state index in [1.807, 2.05) is 6.26 Å². The number of carbonyl (C=O) groups is 2. The lowest BCUT2D eigenvalue weighted by atomic mass is 9.97. The minimum Gasteiger partial charge on any atom is -0.294 e. The fraction of sp³-hybridized carbons (Fsp3) is 0.444. The maximum atomic E-state index is 12.8. The Hall–Kier alpha value is -2.02. The number of sulfonamides is 1. The van der Waals surface area contributed by atoms with E-state index >= 15 is 0 Å². The fourth-order valence-electron chi connectivity index (χ4n) is 3.21. The van der Waals surface area contributed by atoms with Gasteiger partial charge in [0.2, 0.25) is 10.0 Å². The molecule has 2 heterocycles. The first-order chi connectivity index (χ1) is 14.3. The Labute approximate surface area is 183 Å². The van der Waals surface area contributed by atoms with E-state index in [0.29, 0.717) is 16.4 Å². The van der Waals surface area contributed by atoms with Gasteiger partial charge < -0.3 is 0 Å². The number of pyridine rings is 1. The molecule has 2 aromatic rings. The van der Waals surface area contributed by atoms with Crippen LogP contribution < -0.4 is 15.4 Å². The maximum Gasteiger partial charge on any atom is 0.326 e. The van der Waals surface area contributed by atoms with E-state index in [2.05, 4.69) is 25.3 Å². The van der Waals surface area contributed by atoms with Gasteiger partial charge in [-0.1, -0.05) is 24.2 Å². The molecule has 0 aliphatic heterocycles. The van der Waals surface area contributed by atoms with Crippen LogP contribution in [0, 0.1) is 5.92 Å². The Bertz CT molecular complexity index is 1030. The number of carbonyl (C=O) groups excluding carboxylic acids is 2. The van der Waals surface area contributed by atoms with Crippen LogP contribution in [0.5, 0.6) is 0 Å². The average molecular weight is 470 g/mol. The molecule has 0 unspecified atom stereocenters. The first kappa shape index (κ1) is 22.7. The number of nitrogens with one attached hydrogen (secondary N) is 3. The molecule has 162 valence electrons. The highest BCUT2D eigenvalue weighted by Gasteiger charge is 2.26. The fourth-order valence-corrected chi connectivity index (χ4v) is 5.24. The van der Waals surface area contributed by atoms with Gasteiger partial charge in [0.05, 0.1) is 28.3 Å². The molecule has 30 heavy (non-hydrogen) atoms. The van der Waals surface area contributed by atoms with Crippen LogP contribution in [0.15, 0.2) is 22.5 Å². The van der Waals surface area contributed by atoms with E-state index < -0.39 is 16.1 Å². The second kappa shape index (κ2) is 9.86. The Morgan fingerprint density at radius 3 is 2.67 bits per heavy atom. The minimum absolute atomic E-state index is 0.00366. The van der Waals surface area contributed by atoms with Crippen molar-refractivity contribution >= 4 is 55.9 Å². The Balaban J connectivity index is 1.69. The number of hydrogen-bond donors (Lipinski definition) is 3. The summed E-state index contributed by atoms with van der Waals surface area (Å²) in [5, 5.41) is 5.59. The number of amides is 2. The van der Waals surface area contributed by atoms with Crippen LogP contribution in [-0.2, 0) is 16.6 Å². The molecule has 2 aromatic heterocycles. The highest BCUT2D eigenvalue weighted by atomic mass is 32.2. The van der Waals surface area contributed by atoms with Crippen LogP contribution >= 0.6 is 23.1 Å². The van der Waals surface area contributed by atoms with Crippen molar-refractivity contribution in [3.05, 3.63) is 29.6 Å². The van der Waals surface area contributed by atoms with Crippen molar-refractivity contribution in [2.24, 2.45) is 5.92 Å². The van der Waals surface area contributed by atoms with Gasteiger partial charge in [0.1, 0.15) is 5.82 Å². The lowest BCUT2D eigenvalue weighted by Gasteiger charge is -2.12. The molecule has 0 spiro atoms. The van der Waals surface area contributed by atoms with E-state index in [4.69, 9.17) is 0 Å². The Morgan fingerprint density at radius 1 is 1.27 bits per heavy atom. The van der Waals surface area contributed by atoms with Gasteiger partial charge in [-0.05, 0) is 31.2 Å². The van der Waals surface area contributed by atoms with Crippen LogP contribution in [0.4, 0.5) is 15.7 Å². The molecule has 1 saturated carbocycles. The molecule has 12 heteroatoms. The zero-order valence-corrected chi connectivity index (χ0v) is 19.0. The number of urea groups is 1. The van der Waals surface area contributed by atoms with Crippen molar-refractivity contribution in [2.45, 2.75) is 36.4 Å². The summed E-state index contributed by atoms with van der Waals surface area (Å²) in [5.41, 5.74) is 0.935. The standard InChI is InChI=1S/C18H23N5O4S3/c1-28-16-13(10-20-30(2,26)27)21-18(29-16)23-17(25)22-15-12(8-5-9-19-15)14(24)11-6-3-4-7-11/h5,8-9,11,20H,3-4,6-7,10H2,1-2H3,(H2,19,21,22,23,25). The summed E-state index contributed by atoms with van der Waals surface area (Å²) in [6.07, 6.45) is 8.24. The van der Waals surface area contributed by atoms with Crippen molar-refractivity contribution in [1.82, 2.24) is 14.7 Å². The summed E-state index contributed by atoms with van der Waals surface area (Å²) in [7, 11) is -3.36. The molecule has 3 N–H and O–H groups in total. The lowest BCUT2D eigenvalue weighted by Crippen LogP contribution is -2.23. The number of hydrogen-bond acceptors (Lipinski definition) is 8. The second-order valence-corrected chi connectivity index (χ2v) is 10.8. The molecule has 0 bridgehead atoms. The van der Waals surface area contributed by atoms with Gasteiger partial charge in [-0.3, -0.25) is 15.4 Å². The number of Topliss-reactive ketones (excluding diaryl/α,β-unsaturated/α-hetero) is 1. The molecule has 0 saturated heterocycles. The third kappa shape index (κ3) is 6.00. The largest absolute Gasteiger partial charge is 0.326 e. The van der Waals surface area contributed by atoms with Crippen LogP contribution in [0.2, 0.25) is 0 Å². The highest BCUT2D eigenvalue weighted by Crippen LogP contribution is 2.32. The predicted octanol–water partition coefficient (Wildman–Crippen LogP) is 3.33. The molecule has 0 aromatic carbocycles. The number of thioether (sulfide) groups is 1. The van der Waals surface area contributed by atoms with E-state index in [-0.39, 0.29) is 24.1 Å². The van der Waals surface area contributed by atoms with Gasteiger partial charge in [0.15, 0.2) is 10.9 Å². The zero-order valence-electron chi connectivity index (χ0n) is 16.6. The monoisotopic (exact) mass is 469 g/mol. The summed E-state index contributed by atoms with van der Waals surface area (Å²) in [4.78, 5) is 33.7. The highest BCUT2D eigenvalue weighted by molar-refractivity contribution is 8.00. The van der Waals surface area contributed by atoms with Crippen molar-refractivity contribution < 1.29 is 18.0 Å². The number of rotatable bonds is 8.